The van der Waals surface area contributed by atoms with Crippen LogP contribution >= 0.6 is 0 Å². The summed E-state index contributed by atoms with van der Waals surface area (Å²) in [6.07, 6.45) is -0.115. The Morgan fingerprint density at radius 3 is 2.35 bits per heavy atom. The molecule has 0 spiro atoms. The Labute approximate surface area is 97.8 Å². The number of hydrogen-bond donors (Lipinski definition) is 1. The highest BCUT2D eigenvalue weighted by Crippen LogP contribution is 2.23. The van der Waals surface area contributed by atoms with Gasteiger partial charge >= 0.3 is 6.09 Å². The number of carbonyl (C=O) groups is 1. The van der Waals surface area contributed by atoms with Crippen LogP contribution < -0.4 is 4.90 Å². The molecule has 0 saturated carbocycles. The minimum Gasteiger partial charge on any atom is -0.465 e. The molecule has 0 aliphatic heterocycles. The lowest BCUT2D eigenvalue weighted by Crippen LogP contribution is -2.45. The van der Waals surface area contributed by atoms with Crippen molar-refractivity contribution in [3.8, 4) is 0 Å². The number of amides is 1. The molecule has 1 rings (SSSR count). The van der Waals surface area contributed by atoms with Crippen LogP contribution in [0.25, 0.3) is 0 Å². The van der Waals surface area contributed by atoms with E-state index in [4.69, 9.17) is 5.11 Å². The van der Waals surface area contributed by atoms with Gasteiger partial charge in [0.2, 0.25) is 0 Å². The third-order valence-electron chi connectivity index (χ3n) is 2.03. The molecule has 0 atom stereocenters. The summed E-state index contributed by atoms with van der Waals surface area (Å²) in [6.45, 7) is 5.14. The Morgan fingerprint density at radius 2 is 2.06 bits per heavy atom. The van der Waals surface area contributed by atoms with Gasteiger partial charge in [-0.05, 0) is 26.8 Å². The molecule has 0 radical (unpaired) electrons. The van der Waals surface area contributed by atoms with Gasteiger partial charge in [0, 0.05) is 11.6 Å². The molecule has 0 aliphatic rings. The minimum atomic E-state index is -1.15. The second-order valence-electron chi connectivity index (χ2n) is 4.42. The molecule has 0 aliphatic carbocycles. The highest BCUT2D eigenvalue weighted by molar-refractivity contribution is 5.86. The van der Waals surface area contributed by atoms with Crippen molar-refractivity contribution in [2.24, 2.45) is 0 Å². The van der Waals surface area contributed by atoms with Crippen molar-refractivity contribution >= 4 is 17.6 Å². The topological polar surface area (TPSA) is 96.6 Å². The first-order valence-corrected chi connectivity index (χ1v) is 4.87. The minimum absolute atomic E-state index is 0.163. The van der Waals surface area contributed by atoms with E-state index in [9.17, 15) is 14.9 Å². The van der Waals surface area contributed by atoms with Crippen LogP contribution in [0, 0.1) is 10.1 Å². The van der Waals surface area contributed by atoms with Gasteiger partial charge in [-0.1, -0.05) is 0 Å². The summed E-state index contributed by atoms with van der Waals surface area (Å²) in [4.78, 5) is 25.8. The summed E-state index contributed by atoms with van der Waals surface area (Å²) < 4.78 is 0. The lowest BCUT2D eigenvalue weighted by molar-refractivity contribution is -0.385. The van der Waals surface area contributed by atoms with E-state index in [0.29, 0.717) is 0 Å². The smallest absolute Gasteiger partial charge is 0.413 e. The lowest BCUT2D eigenvalue weighted by atomic mass is 10.1. The molecule has 1 aromatic rings. The molecule has 0 bridgehead atoms. The van der Waals surface area contributed by atoms with E-state index in [1.54, 1.807) is 20.8 Å². The van der Waals surface area contributed by atoms with E-state index in [-0.39, 0.29) is 11.5 Å². The first-order valence-electron chi connectivity index (χ1n) is 4.87. The van der Waals surface area contributed by atoms with Crippen LogP contribution in [0.3, 0.4) is 0 Å². The summed E-state index contributed by atoms with van der Waals surface area (Å²) in [5.41, 5.74) is -0.845. The second-order valence-corrected chi connectivity index (χ2v) is 4.42. The number of aromatic nitrogens is 1. The summed E-state index contributed by atoms with van der Waals surface area (Å²) in [5, 5.41) is 19.5. The van der Waals surface area contributed by atoms with Gasteiger partial charge in [0.05, 0.1) is 4.92 Å². The van der Waals surface area contributed by atoms with Crippen LogP contribution in [0.1, 0.15) is 20.8 Å². The zero-order chi connectivity index (χ0) is 13.2. The van der Waals surface area contributed by atoms with E-state index in [1.807, 2.05) is 0 Å². The molecule has 0 aromatic carbocycles. The Bertz CT molecular complexity index is 436. The van der Waals surface area contributed by atoms with Crippen molar-refractivity contribution in [1.29, 1.82) is 0 Å². The summed E-state index contributed by atoms with van der Waals surface area (Å²) in [7, 11) is 0. The summed E-state index contributed by atoms with van der Waals surface area (Å²) in [5.74, 6) is 0.163. The van der Waals surface area contributed by atoms with Gasteiger partial charge in [0.1, 0.15) is 12.0 Å². The van der Waals surface area contributed by atoms with Crippen LogP contribution in [-0.4, -0.2) is 26.6 Å². The molecular formula is C10H13N3O4. The fraction of sp³-hybridized carbons (Fsp3) is 0.400. The van der Waals surface area contributed by atoms with Gasteiger partial charge in [-0.15, -0.1) is 0 Å². The molecule has 92 valence electrons. The zero-order valence-corrected chi connectivity index (χ0v) is 9.75. The molecule has 1 heterocycles. The van der Waals surface area contributed by atoms with Crippen LogP contribution in [0.5, 0.6) is 0 Å². The number of nitro groups is 1. The number of hydrogen-bond acceptors (Lipinski definition) is 4. The standard InChI is InChI=1S/C10H13N3O4/c1-10(2,3)12(9(14)15)8-5-4-7(6-11-8)13(16)17/h4-6H,1-3H3,(H,14,15). The number of nitrogens with zero attached hydrogens (tertiary/aromatic N) is 3. The quantitative estimate of drug-likeness (QED) is 0.630. The van der Waals surface area contributed by atoms with E-state index >= 15 is 0 Å². The fourth-order valence-corrected chi connectivity index (χ4v) is 1.35. The Morgan fingerprint density at radius 1 is 1.47 bits per heavy atom. The Balaban J connectivity index is 3.13. The SMILES string of the molecule is CC(C)(C)N(C(=O)O)c1ccc([N+](=O)[O-])cn1. The van der Waals surface area contributed by atoms with E-state index in [0.717, 1.165) is 11.1 Å². The molecule has 1 N–H and O–H groups in total. The third-order valence-corrected chi connectivity index (χ3v) is 2.03. The zero-order valence-electron chi connectivity index (χ0n) is 9.75. The van der Waals surface area contributed by atoms with Gasteiger partial charge in [-0.25, -0.2) is 9.78 Å². The number of rotatable bonds is 2. The van der Waals surface area contributed by atoms with Crippen molar-refractivity contribution in [1.82, 2.24) is 4.98 Å². The highest BCUT2D eigenvalue weighted by atomic mass is 16.6. The summed E-state index contributed by atoms with van der Waals surface area (Å²) >= 11 is 0. The average molecular weight is 239 g/mol. The second kappa shape index (κ2) is 4.36. The number of pyridine rings is 1. The molecule has 0 saturated heterocycles. The van der Waals surface area contributed by atoms with E-state index in [1.165, 1.54) is 12.1 Å². The fourth-order valence-electron chi connectivity index (χ4n) is 1.35. The van der Waals surface area contributed by atoms with Crippen LogP contribution in [-0.2, 0) is 0 Å². The van der Waals surface area contributed by atoms with E-state index in [2.05, 4.69) is 4.98 Å². The van der Waals surface area contributed by atoms with Crippen LogP contribution in [0.2, 0.25) is 0 Å². The van der Waals surface area contributed by atoms with Crippen molar-refractivity contribution in [3.05, 3.63) is 28.4 Å². The normalized spacial score (nSPS) is 11.0. The first kappa shape index (κ1) is 12.9. The maximum Gasteiger partial charge on any atom is 0.413 e. The molecule has 7 heteroatoms. The van der Waals surface area contributed by atoms with Gasteiger partial charge in [0.25, 0.3) is 5.69 Å². The maximum absolute atomic E-state index is 11.1. The summed E-state index contributed by atoms with van der Waals surface area (Å²) in [6, 6.07) is 2.54. The van der Waals surface area contributed by atoms with Crippen molar-refractivity contribution in [2.75, 3.05) is 4.90 Å². The first-order chi connectivity index (χ1) is 7.73. The van der Waals surface area contributed by atoms with Crippen molar-refractivity contribution < 1.29 is 14.8 Å². The van der Waals surface area contributed by atoms with Gasteiger partial charge in [-0.3, -0.25) is 15.0 Å². The largest absolute Gasteiger partial charge is 0.465 e. The number of anilines is 1. The number of carboxylic acid groups (broad SMARTS) is 1. The predicted octanol–water partition coefficient (Wildman–Crippen LogP) is 2.27. The Hall–Kier alpha value is -2.18. The van der Waals surface area contributed by atoms with Crippen LogP contribution in [0.15, 0.2) is 18.3 Å². The lowest BCUT2D eigenvalue weighted by Gasteiger charge is -2.31. The van der Waals surface area contributed by atoms with Gasteiger partial charge < -0.3 is 5.11 Å². The average Bonchev–Trinajstić information content (AvgIpc) is 2.15. The molecule has 0 unspecified atom stereocenters. The van der Waals surface area contributed by atoms with Crippen molar-refractivity contribution in [3.63, 3.8) is 0 Å². The molecule has 17 heavy (non-hydrogen) atoms. The molecule has 1 amide bonds. The molecular weight excluding hydrogens is 226 g/mol. The van der Waals surface area contributed by atoms with Crippen molar-refractivity contribution in [2.45, 2.75) is 26.3 Å². The Kier molecular flexibility index (Phi) is 3.31. The van der Waals surface area contributed by atoms with E-state index < -0.39 is 16.6 Å². The molecule has 7 nitrogen and oxygen atoms in total. The molecule has 1 aromatic heterocycles. The van der Waals surface area contributed by atoms with Crippen LogP contribution in [0.4, 0.5) is 16.3 Å². The monoisotopic (exact) mass is 239 g/mol. The predicted molar refractivity (Wildman–Crippen MR) is 61.1 cm³/mol. The molecule has 0 fully saturated rings. The maximum atomic E-state index is 11.1. The van der Waals surface area contributed by atoms with Gasteiger partial charge in [0.15, 0.2) is 0 Å². The third kappa shape index (κ3) is 2.90. The highest BCUT2D eigenvalue weighted by Gasteiger charge is 2.29. The van der Waals surface area contributed by atoms with Gasteiger partial charge in [-0.2, -0.15) is 0 Å².